The van der Waals surface area contributed by atoms with Crippen molar-refractivity contribution in [2.75, 3.05) is 13.2 Å². The molecule has 3 rings (SSSR count). The Balaban J connectivity index is 1.67. The van der Waals surface area contributed by atoms with Crippen molar-refractivity contribution in [3.63, 3.8) is 0 Å². The topological polar surface area (TPSA) is 115 Å². The van der Waals surface area contributed by atoms with Crippen LogP contribution < -0.4 is 5.32 Å². The van der Waals surface area contributed by atoms with Gasteiger partial charge in [-0.1, -0.05) is 74.5 Å². The van der Waals surface area contributed by atoms with Gasteiger partial charge in [-0.2, -0.15) is 0 Å². The van der Waals surface area contributed by atoms with Gasteiger partial charge in [-0.3, -0.25) is 4.79 Å². The number of rotatable bonds is 11. The molecular formula is C23H34N4O5. The Kier molecular flexibility index (Phi) is 9.77. The summed E-state index contributed by atoms with van der Waals surface area (Å²) >= 11 is 0. The van der Waals surface area contributed by atoms with E-state index in [2.05, 4.69) is 22.3 Å². The van der Waals surface area contributed by atoms with Crippen LogP contribution >= 0.6 is 0 Å². The summed E-state index contributed by atoms with van der Waals surface area (Å²) < 4.78 is 24.2. The predicted molar refractivity (Wildman–Crippen MR) is 119 cm³/mol. The second-order valence-electron chi connectivity index (χ2n) is 8.28. The summed E-state index contributed by atoms with van der Waals surface area (Å²) in [6.07, 6.45) is 4.45. The first-order valence-corrected chi connectivity index (χ1v) is 11.5. The van der Waals surface area contributed by atoms with Crippen molar-refractivity contribution in [3.8, 4) is 0 Å². The molecule has 0 aliphatic carbocycles. The summed E-state index contributed by atoms with van der Waals surface area (Å²) in [5.74, 6) is -0.255. The average molecular weight is 447 g/mol. The van der Waals surface area contributed by atoms with Crippen LogP contribution in [0.25, 0.3) is 10.4 Å². The lowest BCUT2D eigenvalue weighted by Crippen LogP contribution is -2.66. The molecule has 1 N–H and O–H groups in total. The highest BCUT2D eigenvalue weighted by Gasteiger charge is 2.50. The highest BCUT2D eigenvalue weighted by atomic mass is 16.7. The second-order valence-corrected chi connectivity index (χ2v) is 8.28. The quantitative estimate of drug-likeness (QED) is 0.234. The monoisotopic (exact) mass is 446 g/mol. The van der Waals surface area contributed by atoms with Gasteiger partial charge in [-0.15, -0.1) is 0 Å². The fraction of sp³-hybridized carbons (Fsp3) is 0.696. The zero-order valence-electron chi connectivity index (χ0n) is 18.9. The first-order chi connectivity index (χ1) is 15.6. The van der Waals surface area contributed by atoms with Gasteiger partial charge >= 0.3 is 0 Å². The molecule has 1 amide bonds. The molecule has 2 aliphatic heterocycles. The minimum atomic E-state index is -0.744. The van der Waals surface area contributed by atoms with Crippen LogP contribution in [0.4, 0.5) is 0 Å². The van der Waals surface area contributed by atoms with Gasteiger partial charge in [-0.05, 0) is 12.0 Å². The van der Waals surface area contributed by atoms with Crippen LogP contribution in [0.15, 0.2) is 35.4 Å². The van der Waals surface area contributed by atoms with Crippen LogP contribution in [-0.4, -0.2) is 49.7 Å². The number of benzene rings is 1. The molecule has 0 unspecified atom stereocenters. The van der Waals surface area contributed by atoms with Crippen LogP contribution in [0.1, 0.15) is 64.2 Å². The molecule has 2 saturated heterocycles. The van der Waals surface area contributed by atoms with Crippen molar-refractivity contribution < 1.29 is 23.7 Å². The lowest BCUT2D eigenvalue weighted by atomic mass is 9.93. The molecule has 32 heavy (non-hydrogen) atoms. The van der Waals surface area contributed by atoms with Gasteiger partial charge in [-0.25, -0.2) is 0 Å². The van der Waals surface area contributed by atoms with Crippen LogP contribution in [0, 0.1) is 0 Å². The number of amides is 1. The van der Waals surface area contributed by atoms with E-state index in [-0.39, 0.29) is 12.5 Å². The zero-order chi connectivity index (χ0) is 22.8. The molecule has 2 heterocycles. The van der Waals surface area contributed by atoms with E-state index < -0.39 is 36.9 Å². The molecule has 0 spiro atoms. The average Bonchev–Trinajstić information content (AvgIpc) is 2.80. The largest absolute Gasteiger partial charge is 0.350 e. The molecule has 0 radical (unpaired) electrons. The number of carbonyl (C=O) groups excluding carboxylic acids is 1. The Morgan fingerprint density at radius 2 is 1.94 bits per heavy atom. The van der Waals surface area contributed by atoms with Crippen LogP contribution in [-0.2, 0) is 23.7 Å². The number of fused-ring (bicyclic) bond motifs is 1. The Hall–Kier alpha value is -2.16. The van der Waals surface area contributed by atoms with Crippen molar-refractivity contribution >= 4 is 5.91 Å². The smallest absolute Gasteiger partial charge is 0.217 e. The van der Waals surface area contributed by atoms with E-state index in [0.717, 1.165) is 18.4 Å². The number of ether oxygens (including phenoxy) is 4. The van der Waals surface area contributed by atoms with E-state index in [0.29, 0.717) is 6.61 Å². The predicted octanol–water partition coefficient (Wildman–Crippen LogP) is 4.39. The van der Waals surface area contributed by atoms with Gasteiger partial charge in [0.15, 0.2) is 12.6 Å². The van der Waals surface area contributed by atoms with Gasteiger partial charge < -0.3 is 24.3 Å². The molecule has 1 aromatic carbocycles. The van der Waals surface area contributed by atoms with Gasteiger partial charge in [0.25, 0.3) is 0 Å². The third kappa shape index (κ3) is 6.67. The van der Waals surface area contributed by atoms with E-state index in [1.54, 1.807) is 0 Å². The fourth-order valence-electron chi connectivity index (χ4n) is 4.18. The number of azide groups is 1. The van der Waals surface area contributed by atoms with Gasteiger partial charge in [0.2, 0.25) is 5.91 Å². The molecular weight excluding hydrogens is 412 g/mol. The molecule has 0 bridgehead atoms. The number of nitrogens with zero attached hydrogens (tertiary/aromatic N) is 3. The third-order valence-electron chi connectivity index (χ3n) is 5.77. The van der Waals surface area contributed by atoms with E-state index in [1.807, 2.05) is 30.3 Å². The van der Waals surface area contributed by atoms with Gasteiger partial charge in [0.05, 0.1) is 18.7 Å². The lowest BCUT2D eigenvalue weighted by Gasteiger charge is -2.48. The number of unbranched alkanes of at least 4 members (excludes halogenated alkanes) is 5. The summed E-state index contributed by atoms with van der Waals surface area (Å²) in [4.78, 5) is 14.9. The maximum Gasteiger partial charge on any atom is 0.217 e. The number of hydrogen-bond acceptors (Lipinski definition) is 6. The standard InChI is InChI=1S/C23H34N4O5/c1-3-4-5-6-7-11-14-29-23-20(25-16(2)28)19(26-27-24)21-18(31-23)15-30-22(32-21)17-12-9-8-10-13-17/h8-10,12-13,18-23H,3-7,11,14-15H2,1-2H3,(H,25,28)/t18-,19-,20-,21-,22-,23-/m1/s1. The first kappa shape index (κ1) is 24.5. The summed E-state index contributed by atoms with van der Waals surface area (Å²) in [7, 11) is 0. The minimum Gasteiger partial charge on any atom is -0.350 e. The normalized spacial score (nSPS) is 29.6. The van der Waals surface area contributed by atoms with E-state index in [1.165, 1.54) is 32.6 Å². The summed E-state index contributed by atoms with van der Waals surface area (Å²) in [6.45, 7) is 4.38. The van der Waals surface area contributed by atoms with Crippen LogP contribution in [0.5, 0.6) is 0 Å². The molecule has 2 aliphatic rings. The summed E-state index contributed by atoms with van der Waals surface area (Å²) in [6, 6.07) is 8.21. The zero-order valence-corrected chi connectivity index (χ0v) is 18.9. The molecule has 0 saturated carbocycles. The SMILES string of the molecule is CCCCCCCCO[C@@H]1O[C@@H]2CO[C@@H](c3ccccc3)O[C@H]2[C@H](N=[N+]=[N-])[C@H]1NC(C)=O. The number of hydrogen-bond donors (Lipinski definition) is 1. The van der Waals surface area contributed by atoms with Crippen molar-refractivity contribution in [3.05, 3.63) is 46.3 Å². The van der Waals surface area contributed by atoms with Crippen molar-refractivity contribution in [1.29, 1.82) is 0 Å². The third-order valence-corrected chi connectivity index (χ3v) is 5.77. The minimum absolute atomic E-state index is 0.255. The van der Waals surface area contributed by atoms with E-state index in [9.17, 15) is 10.3 Å². The lowest BCUT2D eigenvalue weighted by molar-refractivity contribution is -0.326. The molecule has 9 heteroatoms. The number of carbonyl (C=O) groups is 1. The summed E-state index contributed by atoms with van der Waals surface area (Å²) in [5, 5.41) is 6.83. The Morgan fingerprint density at radius 1 is 1.19 bits per heavy atom. The molecule has 9 nitrogen and oxygen atoms in total. The van der Waals surface area contributed by atoms with Crippen molar-refractivity contribution in [2.45, 2.75) is 89.2 Å². The van der Waals surface area contributed by atoms with Gasteiger partial charge in [0.1, 0.15) is 12.2 Å². The molecule has 0 aromatic heterocycles. The van der Waals surface area contributed by atoms with Crippen molar-refractivity contribution in [1.82, 2.24) is 5.32 Å². The maximum absolute atomic E-state index is 11.9. The van der Waals surface area contributed by atoms with E-state index >= 15 is 0 Å². The molecule has 1 aromatic rings. The highest BCUT2D eigenvalue weighted by molar-refractivity contribution is 5.73. The Bertz CT molecular complexity index is 758. The Labute approximate surface area is 189 Å². The molecule has 2 fully saturated rings. The number of nitrogens with one attached hydrogen (secondary N) is 1. The van der Waals surface area contributed by atoms with E-state index in [4.69, 9.17) is 18.9 Å². The van der Waals surface area contributed by atoms with Crippen LogP contribution in [0.3, 0.4) is 0 Å². The molecule has 6 atom stereocenters. The highest BCUT2D eigenvalue weighted by Crippen LogP contribution is 2.35. The first-order valence-electron chi connectivity index (χ1n) is 11.5. The van der Waals surface area contributed by atoms with Gasteiger partial charge in [0, 0.05) is 24.0 Å². The Morgan fingerprint density at radius 3 is 2.66 bits per heavy atom. The molecule has 176 valence electrons. The maximum atomic E-state index is 11.9. The fourth-order valence-corrected chi connectivity index (χ4v) is 4.18. The second kappa shape index (κ2) is 12.8. The summed E-state index contributed by atoms with van der Waals surface area (Å²) in [5.41, 5.74) is 10.1. The van der Waals surface area contributed by atoms with Crippen molar-refractivity contribution in [2.24, 2.45) is 5.11 Å². The van der Waals surface area contributed by atoms with Crippen LogP contribution in [0.2, 0.25) is 0 Å².